The molecule has 0 bridgehead atoms. The van der Waals surface area contributed by atoms with Crippen molar-refractivity contribution in [1.82, 2.24) is 4.90 Å². The van der Waals surface area contributed by atoms with Crippen molar-refractivity contribution in [2.24, 2.45) is 5.73 Å². The first-order valence-corrected chi connectivity index (χ1v) is 5.13. The first-order chi connectivity index (χ1) is 7.90. The molecule has 94 valence electrons. The van der Waals surface area contributed by atoms with Crippen molar-refractivity contribution in [2.75, 3.05) is 18.9 Å². The average Bonchev–Trinajstić information content (AvgIpc) is 2.21. The Balaban J connectivity index is 2.67. The quantitative estimate of drug-likeness (QED) is 0.850. The van der Waals surface area contributed by atoms with Crippen molar-refractivity contribution in [3.05, 3.63) is 29.8 Å². The van der Waals surface area contributed by atoms with E-state index in [9.17, 15) is 13.6 Å². The maximum absolute atomic E-state index is 13.2. The molecule has 0 saturated heterocycles. The number of nitrogens with one attached hydrogen (secondary N) is 1. The molecule has 0 radical (unpaired) electrons. The minimum Gasteiger partial charge on any atom is -0.326 e. The van der Waals surface area contributed by atoms with Crippen molar-refractivity contribution in [3.63, 3.8) is 0 Å². The molecule has 4 nitrogen and oxygen atoms in total. The number of urea groups is 1. The van der Waals surface area contributed by atoms with Crippen LogP contribution in [0.2, 0.25) is 0 Å². The van der Waals surface area contributed by atoms with Gasteiger partial charge in [0, 0.05) is 25.7 Å². The molecule has 2 amide bonds. The van der Waals surface area contributed by atoms with Gasteiger partial charge in [-0.05, 0) is 19.1 Å². The number of hydrogen-bond donors (Lipinski definition) is 2. The van der Waals surface area contributed by atoms with Crippen LogP contribution in [0.3, 0.4) is 0 Å². The van der Waals surface area contributed by atoms with Gasteiger partial charge in [0.05, 0.1) is 5.69 Å². The van der Waals surface area contributed by atoms with E-state index in [1.807, 2.05) is 0 Å². The highest BCUT2D eigenvalue weighted by molar-refractivity contribution is 5.89. The lowest BCUT2D eigenvalue weighted by molar-refractivity contribution is 0.220. The first-order valence-electron chi connectivity index (χ1n) is 5.13. The molecule has 0 aliphatic rings. The fraction of sp³-hybridized carbons (Fsp3) is 0.364. The van der Waals surface area contributed by atoms with Crippen molar-refractivity contribution in [3.8, 4) is 0 Å². The van der Waals surface area contributed by atoms with Gasteiger partial charge in [0.15, 0.2) is 0 Å². The van der Waals surface area contributed by atoms with Crippen molar-refractivity contribution < 1.29 is 13.6 Å². The number of likely N-dealkylation sites (N-methyl/N-ethyl adjacent to an activating group) is 1. The van der Waals surface area contributed by atoms with E-state index < -0.39 is 17.7 Å². The third-order valence-electron chi connectivity index (χ3n) is 2.08. The van der Waals surface area contributed by atoms with E-state index in [0.717, 1.165) is 6.07 Å². The van der Waals surface area contributed by atoms with Gasteiger partial charge in [0.2, 0.25) is 0 Å². The van der Waals surface area contributed by atoms with E-state index in [0.29, 0.717) is 12.6 Å². The molecule has 0 spiro atoms. The number of anilines is 1. The number of halogens is 2. The summed E-state index contributed by atoms with van der Waals surface area (Å²) in [6.07, 6.45) is 0. The second kappa shape index (κ2) is 5.58. The van der Waals surface area contributed by atoms with Gasteiger partial charge in [0.25, 0.3) is 0 Å². The molecule has 0 aromatic heterocycles. The fourth-order valence-corrected chi connectivity index (χ4v) is 1.32. The highest BCUT2D eigenvalue weighted by Gasteiger charge is 2.12. The van der Waals surface area contributed by atoms with Gasteiger partial charge in [0.1, 0.15) is 11.6 Å². The zero-order chi connectivity index (χ0) is 13.0. The Labute approximate surface area is 98.4 Å². The normalized spacial score (nSPS) is 12.1. The van der Waals surface area contributed by atoms with Gasteiger partial charge in [-0.3, -0.25) is 0 Å². The van der Waals surface area contributed by atoms with Crippen LogP contribution >= 0.6 is 0 Å². The van der Waals surface area contributed by atoms with Gasteiger partial charge in [-0.2, -0.15) is 0 Å². The third-order valence-corrected chi connectivity index (χ3v) is 2.08. The molecule has 17 heavy (non-hydrogen) atoms. The second-order valence-electron chi connectivity index (χ2n) is 3.91. The molecule has 0 heterocycles. The molecule has 6 heteroatoms. The minimum absolute atomic E-state index is 0.0621. The van der Waals surface area contributed by atoms with Crippen LogP contribution in [0, 0.1) is 11.6 Å². The number of carbonyl (C=O) groups is 1. The molecule has 1 atom stereocenters. The molecular formula is C11H15F2N3O. The maximum atomic E-state index is 13.2. The highest BCUT2D eigenvalue weighted by atomic mass is 19.1. The van der Waals surface area contributed by atoms with Gasteiger partial charge in [-0.1, -0.05) is 0 Å². The Morgan fingerprint density at radius 1 is 1.53 bits per heavy atom. The predicted octanol–water partition coefficient (Wildman–Crippen LogP) is 1.78. The standard InChI is InChI=1S/C11H15F2N3O/c1-7(14)6-16(2)11(17)15-10-4-3-8(12)5-9(10)13/h3-5,7H,6,14H2,1-2H3,(H,15,17). The zero-order valence-electron chi connectivity index (χ0n) is 9.71. The van der Waals surface area contributed by atoms with Crippen LogP contribution < -0.4 is 11.1 Å². The van der Waals surface area contributed by atoms with Crippen LogP contribution in [-0.4, -0.2) is 30.6 Å². The molecule has 0 saturated carbocycles. The smallest absolute Gasteiger partial charge is 0.321 e. The second-order valence-corrected chi connectivity index (χ2v) is 3.91. The zero-order valence-corrected chi connectivity index (χ0v) is 9.71. The summed E-state index contributed by atoms with van der Waals surface area (Å²) in [5, 5.41) is 2.33. The molecule has 1 unspecified atom stereocenters. The van der Waals surface area contributed by atoms with Crippen molar-refractivity contribution in [1.29, 1.82) is 0 Å². The molecule has 1 aromatic carbocycles. The molecule has 1 rings (SSSR count). The molecule has 1 aromatic rings. The Morgan fingerprint density at radius 3 is 2.71 bits per heavy atom. The lowest BCUT2D eigenvalue weighted by atomic mass is 10.3. The van der Waals surface area contributed by atoms with Gasteiger partial charge < -0.3 is 16.0 Å². The van der Waals surface area contributed by atoms with Crippen LogP contribution in [-0.2, 0) is 0 Å². The summed E-state index contributed by atoms with van der Waals surface area (Å²) in [7, 11) is 1.54. The van der Waals surface area contributed by atoms with Crippen LogP contribution in [0.5, 0.6) is 0 Å². The van der Waals surface area contributed by atoms with Crippen LogP contribution in [0.4, 0.5) is 19.3 Å². The number of amides is 2. The van der Waals surface area contributed by atoms with E-state index in [1.54, 1.807) is 14.0 Å². The number of nitrogens with two attached hydrogens (primary N) is 1. The van der Waals surface area contributed by atoms with Crippen molar-refractivity contribution >= 4 is 11.7 Å². The molecule has 0 aliphatic heterocycles. The number of rotatable bonds is 3. The predicted molar refractivity (Wildman–Crippen MR) is 61.7 cm³/mol. The summed E-state index contributed by atoms with van der Waals surface area (Å²) in [6, 6.07) is 2.28. The average molecular weight is 243 g/mol. The number of benzene rings is 1. The Hall–Kier alpha value is -1.69. The Morgan fingerprint density at radius 2 is 2.18 bits per heavy atom. The van der Waals surface area contributed by atoms with Crippen molar-refractivity contribution in [2.45, 2.75) is 13.0 Å². The number of hydrogen-bond acceptors (Lipinski definition) is 2. The lowest BCUT2D eigenvalue weighted by Gasteiger charge is -2.20. The third kappa shape index (κ3) is 3.99. The Kier molecular flexibility index (Phi) is 4.39. The topological polar surface area (TPSA) is 58.4 Å². The van der Waals surface area contributed by atoms with E-state index in [1.165, 1.54) is 11.0 Å². The van der Waals surface area contributed by atoms with E-state index in [-0.39, 0.29) is 11.7 Å². The Bertz CT molecular complexity index is 410. The fourth-order valence-electron chi connectivity index (χ4n) is 1.32. The summed E-state index contributed by atoms with van der Waals surface area (Å²) in [5.74, 6) is -1.50. The molecule has 3 N–H and O–H groups in total. The van der Waals surface area contributed by atoms with E-state index in [2.05, 4.69) is 5.32 Å². The van der Waals surface area contributed by atoms with E-state index >= 15 is 0 Å². The SMILES string of the molecule is CC(N)CN(C)C(=O)Nc1ccc(F)cc1F. The van der Waals surface area contributed by atoms with Crippen LogP contribution in [0.25, 0.3) is 0 Å². The summed E-state index contributed by atoms with van der Waals surface area (Å²) in [4.78, 5) is 12.9. The molecule has 0 fully saturated rings. The first kappa shape index (κ1) is 13.4. The number of nitrogens with zero attached hydrogens (tertiary/aromatic N) is 1. The minimum atomic E-state index is -0.812. The van der Waals surface area contributed by atoms with Gasteiger partial charge in [-0.15, -0.1) is 0 Å². The van der Waals surface area contributed by atoms with Crippen LogP contribution in [0.15, 0.2) is 18.2 Å². The summed E-state index contributed by atoms with van der Waals surface area (Å²) in [5.41, 5.74) is 5.47. The summed E-state index contributed by atoms with van der Waals surface area (Å²) < 4.78 is 25.9. The van der Waals surface area contributed by atoms with E-state index in [4.69, 9.17) is 5.73 Å². The van der Waals surface area contributed by atoms with Gasteiger partial charge >= 0.3 is 6.03 Å². The summed E-state index contributed by atoms with van der Waals surface area (Å²) >= 11 is 0. The lowest BCUT2D eigenvalue weighted by Crippen LogP contribution is -2.39. The van der Waals surface area contributed by atoms with Gasteiger partial charge in [-0.25, -0.2) is 13.6 Å². The maximum Gasteiger partial charge on any atom is 0.321 e. The number of carbonyl (C=O) groups excluding carboxylic acids is 1. The monoisotopic (exact) mass is 243 g/mol. The van der Waals surface area contributed by atoms with Crippen LogP contribution in [0.1, 0.15) is 6.92 Å². The molecular weight excluding hydrogens is 228 g/mol. The molecule has 0 aliphatic carbocycles. The highest BCUT2D eigenvalue weighted by Crippen LogP contribution is 2.15. The largest absolute Gasteiger partial charge is 0.326 e. The summed E-state index contributed by atoms with van der Waals surface area (Å²) in [6.45, 7) is 2.09.